The van der Waals surface area contributed by atoms with Gasteiger partial charge in [0.15, 0.2) is 0 Å². The van der Waals surface area contributed by atoms with Crippen molar-refractivity contribution in [1.29, 1.82) is 0 Å². The summed E-state index contributed by atoms with van der Waals surface area (Å²) >= 11 is 0. The molecule has 0 radical (unpaired) electrons. The lowest BCUT2D eigenvalue weighted by Crippen LogP contribution is -2.37. The van der Waals surface area contributed by atoms with Crippen molar-refractivity contribution in [3.8, 4) is 5.69 Å². The molecule has 0 saturated heterocycles. The van der Waals surface area contributed by atoms with Gasteiger partial charge in [-0.1, -0.05) is 18.6 Å². The van der Waals surface area contributed by atoms with Crippen LogP contribution in [0.15, 0.2) is 30.6 Å². The number of aliphatic hydroxyl groups is 1. The van der Waals surface area contributed by atoms with Crippen LogP contribution in [-0.2, 0) is 0 Å². The molecule has 1 aromatic carbocycles. The summed E-state index contributed by atoms with van der Waals surface area (Å²) in [5, 5.41) is 20.1. The van der Waals surface area contributed by atoms with E-state index in [1.807, 2.05) is 26.0 Å². The molecule has 0 bridgehead atoms. The molecule has 0 saturated carbocycles. The average Bonchev–Trinajstić information content (AvgIpc) is 2.98. The molecule has 6 heteroatoms. The first-order valence-electron chi connectivity index (χ1n) is 6.54. The first kappa shape index (κ1) is 14.2. The summed E-state index contributed by atoms with van der Waals surface area (Å²) in [5.41, 5.74) is 2.09. The minimum absolute atomic E-state index is 0.0800. The maximum Gasteiger partial charge on any atom is 0.253 e. The molecule has 2 N–H and O–H groups in total. The van der Waals surface area contributed by atoms with Crippen LogP contribution in [0.1, 0.15) is 29.3 Å². The third kappa shape index (κ3) is 3.03. The summed E-state index contributed by atoms with van der Waals surface area (Å²) < 4.78 is 0. The Morgan fingerprint density at radius 3 is 2.70 bits per heavy atom. The third-order valence-corrected chi connectivity index (χ3v) is 3.08. The Balaban J connectivity index is 2.35. The molecule has 1 heterocycles. The molecule has 1 amide bonds. The molecule has 2 aromatic rings. The monoisotopic (exact) mass is 274 g/mol. The highest BCUT2D eigenvalue weighted by Gasteiger charge is 2.17. The number of nitrogens with zero attached hydrogens (tertiary/aromatic N) is 3. The first-order chi connectivity index (χ1) is 9.65. The molecule has 106 valence electrons. The molecule has 1 aromatic heterocycles. The molecule has 20 heavy (non-hydrogen) atoms. The average molecular weight is 274 g/mol. The highest BCUT2D eigenvalue weighted by Crippen LogP contribution is 2.15. The molecule has 0 fully saturated rings. The Morgan fingerprint density at radius 2 is 2.10 bits per heavy atom. The van der Waals surface area contributed by atoms with Crippen molar-refractivity contribution in [2.75, 3.05) is 6.61 Å². The van der Waals surface area contributed by atoms with Gasteiger partial charge in [-0.05, 0) is 25.5 Å². The second-order valence-corrected chi connectivity index (χ2v) is 4.60. The van der Waals surface area contributed by atoms with Crippen LogP contribution in [0.3, 0.4) is 0 Å². The molecular weight excluding hydrogens is 256 g/mol. The van der Waals surface area contributed by atoms with Crippen molar-refractivity contribution in [2.45, 2.75) is 26.3 Å². The van der Waals surface area contributed by atoms with E-state index in [4.69, 9.17) is 0 Å². The van der Waals surface area contributed by atoms with E-state index in [-0.39, 0.29) is 18.6 Å². The van der Waals surface area contributed by atoms with E-state index >= 15 is 0 Å². The van der Waals surface area contributed by atoms with Gasteiger partial charge >= 0.3 is 0 Å². The van der Waals surface area contributed by atoms with Gasteiger partial charge in [-0.15, -0.1) is 0 Å². The number of nitrogens with one attached hydrogen (secondary N) is 1. The molecule has 1 unspecified atom stereocenters. The van der Waals surface area contributed by atoms with Gasteiger partial charge in [-0.25, -0.2) is 0 Å². The number of hydrogen-bond donors (Lipinski definition) is 2. The summed E-state index contributed by atoms with van der Waals surface area (Å²) in [6.07, 6.45) is 3.79. The fourth-order valence-electron chi connectivity index (χ4n) is 1.89. The van der Waals surface area contributed by atoms with E-state index in [1.54, 1.807) is 18.5 Å². The number of hydrogen-bond acceptors (Lipinski definition) is 4. The van der Waals surface area contributed by atoms with Crippen LogP contribution >= 0.6 is 0 Å². The Bertz CT molecular complexity index is 577. The molecule has 6 nitrogen and oxygen atoms in total. The molecule has 1 atom stereocenters. The van der Waals surface area contributed by atoms with Crippen molar-refractivity contribution in [1.82, 2.24) is 20.3 Å². The first-order valence-corrected chi connectivity index (χ1v) is 6.54. The predicted molar refractivity (Wildman–Crippen MR) is 74.7 cm³/mol. The van der Waals surface area contributed by atoms with Gasteiger partial charge in [0.25, 0.3) is 5.91 Å². The quantitative estimate of drug-likeness (QED) is 0.855. The second-order valence-electron chi connectivity index (χ2n) is 4.60. The normalized spacial score (nSPS) is 12.2. The van der Waals surface area contributed by atoms with Crippen molar-refractivity contribution in [3.05, 3.63) is 41.7 Å². The van der Waals surface area contributed by atoms with E-state index in [1.165, 1.54) is 4.80 Å². The van der Waals surface area contributed by atoms with E-state index in [9.17, 15) is 9.90 Å². The number of carbonyl (C=O) groups excluding carboxylic acids is 1. The van der Waals surface area contributed by atoms with Crippen LogP contribution in [-0.4, -0.2) is 38.7 Å². The van der Waals surface area contributed by atoms with E-state index in [0.717, 1.165) is 5.56 Å². The largest absolute Gasteiger partial charge is 0.394 e. The smallest absolute Gasteiger partial charge is 0.253 e. The van der Waals surface area contributed by atoms with Gasteiger partial charge in [-0.3, -0.25) is 4.79 Å². The minimum Gasteiger partial charge on any atom is -0.394 e. The zero-order valence-electron chi connectivity index (χ0n) is 11.6. The second kappa shape index (κ2) is 6.29. The van der Waals surface area contributed by atoms with Crippen molar-refractivity contribution >= 4 is 5.91 Å². The summed E-state index contributed by atoms with van der Waals surface area (Å²) in [5.74, 6) is -0.234. The minimum atomic E-state index is -0.249. The van der Waals surface area contributed by atoms with Crippen molar-refractivity contribution in [3.63, 3.8) is 0 Å². The molecule has 0 spiro atoms. The third-order valence-electron chi connectivity index (χ3n) is 3.08. The fraction of sp³-hybridized carbons (Fsp3) is 0.357. The number of aliphatic hydroxyl groups excluding tert-OH is 1. The number of amides is 1. The van der Waals surface area contributed by atoms with Crippen molar-refractivity contribution in [2.24, 2.45) is 0 Å². The van der Waals surface area contributed by atoms with Gasteiger partial charge in [0.1, 0.15) is 0 Å². The number of rotatable bonds is 5. The zero-order chi connectivity index (χ0) is 14.5. The van der Waals surface area contributed by atoms with Crippen molar-refractivity contribution < 1.29 is 9.90 Å². The summed E-state index contributed by atoms with van der Waals surface area (Å²) in [4.78, 5) is 13.8. The van der Waals surface area contributed by atoms with Gasteiger partial charge in [0.05, 0.1) is 36.3 Å². The molecule has 0 aliphatic carbocycles. The number of aromatic nitrogens is 3. The Labute approximate surface area is 117 Å². The molecular formula is C14H18N4O2. The summed E-state index contributed by atoms with van der Waals surface area (Å²) in [7, 11) is 0. The maximum absolute atomic E-state index is 12.4. The van der Waals surface area contributed by atoms with Gasteiger partial charge in [-0.2, -0.15) is 15.0 Å². The van der Waals surface area contributed by atoms with Crippen LogP contribution in [0.5, 0.6) is 0 Å². The van der Waals surface area contributed by atoms with Gasteiger partial charge in [0, 0.05) is 0 Å². The van der Waals surface area contributed by atoms with Crippen LogP contribution < -0.4 is 5.32 Å². The van der Waals surface area contributed by atoms with E-state index in [2.05, 4.69) is 15.5 Å². The van der Waals surface area contributed by atoms with Gasteiger partial charge in [0.2, 0.25) is 0 Å². The topological polar surface area (TPSA) is 80.0 Å². The fourth-order valence-corrected chi connectivity index (χ4v) is 1.89. The van der Waals surface area contributed by atoms with E-state index < -0.39 is 0 Å². The lowest BCUT2D eigenvalue weighted by Gasteiger charge is -2.16. The van der Waals surface area contributed by atoms with Crippen LogP contribution in [0.2, 0.25) is 0 Å². The molecule has 0 aliphatic heterocycles. The summed E-state index contributed by atoms with van der Waals surface area (Å²) in [6, 6.07) is 5.25. The van der Waals surface area contributed by atoms with Gasteiger partial charge < -0.3 is 10.4 Å². The van der Waals surface area contributed by atoms with Crippen LogP contribution in [0, 0.1) is 6.92 Å². The molecule has 0 aliphatic rings. The highest BCUT2D eigenvalue weighted by atomic mass is 16.3. The number of benzene rings is 1. The lowest BCUT2D eigenvalue weighted by molar-refractivity contribution is 0.0914. The highest BCUT2D eigenvalue weighted by molar-refractivity contribution is 5.98. The summed E-state index contributed by atoms with van der Waals surface area (Å²) in [6.45, 7) is 3.75. The lowest BCUT2D eigenvalue weighted by atomic mass is 10.1. The van der Waals surface area contributed by atoms with E-state index in [0.29, 0.717) is 17.7 Å². The standard InChI is InChI=1S/C14H18N4O2/c1-3-11(9-19)17-14(20)12-8-10(2)4-5-13(12)18-15-6-7-16-18/h4-8,11,19H,3,9H2,1-2H3,(H,17,20). The van der Waals surface area contributed by atoms with Crippen LogP contribution in [0.25, 0.3) is 5.69 Å². The number of carbonyl (C=O) groups is 1. The predicted octanol–water partition coefficient (Wildman–Crippen LogP) is 1.08. The SMILES string of the molecule is CCC(CO)NC(=O)c1cc(C)ccc1-n1nccn1. The number of aryl methyl sites for hydroxylation is 1. The maximum atomic E-state index is 12.4. The zero-order valence-corrected chi connectivity index (χ0v) is 11.6. The Morgan fingerprint density at radius 1 is 1.40 bits per heavy atom. The van der Waals surface area contributed by atoms with Crippen LogP contribution in [0.4, 0.5) is 0 Å². The Hall–Kier alpha value is -2.21. The molecule has 2 rings (SSSR count). The Kier molecular flexibility index (Phi) is 4.47.